The summed E-state index contributed by atoms with van der Waals surface area (Å²) in [7, 11) is -4.93. The zero-order chi connectivity index (χ0) is 19.4. The summed E-state index contributed by atoms with van der Waals surface area (Å²) in [4.78, 5) is -2.18. The zero-order valence-corrected chi connectivity index (χ0v) is 10.3. The molecule has 0 aliphatic carbocycles. The highest BCUT2D eigenvalue weighted by molar-refractivity contribution is 7.91. The Morgan fingerprint density at radius 1 is 0.765 bits per heavy atom. The van der Waals surface area contributed by atoms with E-state index in [1.54, 1.807) is 0 Å². The molecule has 2 aromatic rings. The Bertz CT molecular complexity index is 889. The van der Waals surface area contributed by atoms with Gasteiger partial charge >= 0.3 is 0 Å². The van der Waals surface area contributed by atoms with Gasteiger partial charge < -0.3 is 0 Å². The Morgan fingerprint density at radius 2 is 1.06 bits per heavy atom. The number of hydrogen-bond donors (Lipinski definition) is 0. The van der Waals surface area contributed by atoms with Crippen molar-refractivity contribution in [2.75, 3.05) is 0 Å². The number of hydrogen-bond acceptors (Lipinski definition) is 2. The fourth-order valence-corrected chi connectivity index (χ4v) is 2.08. The molecule has 0 aromatic heterocycles. The predicted octanol–water partition coefficient (Wildman–Crippen LogP) is 3.83. The smallest absolute Gasteiger partial charge is 0.206 e. The SMILES string of the molecule is [2H]c1c([2H])c(S(=O)(=O)c2c([2H])c([2H])c(Cl)c([2H])c2[2H])c([2H])c([2H])c1Cl. The number of halogens is 2. The number of sulfone groups is 1. The molecule has 0 heterocycles. The van der Waals surface area contributed by atoms with Gasteiger partial charge in [-0.25, -0.2) is 8.42 Å². The summed E-state index contributed by atoms with van der Waals surface area (Å²) in [6, 6.07) is -7.10. The van der Waals surface area contributed by atoms with Gasteiger partial charge in [0, 0.05) is 10.0 Å². The van der Waals surface area contributed by atoms with E-state index in [0.717, 1.165) is 0 Å². The predicted molar refractivity (Wildman–Crippen MR) is 68.4 cm³/mol. The van der Waals surface area contributed by atoms with Crippen LogP contribution in [0.2, 0.25) is 10.0 Å². The first kappa shape index (κ1) is 5.74. The molecule has 0 N–H and O–H groups in total. The molecule has 2 rings (SSSR count). The van der Waals surface area contributed by atoms with Crippen LogP contribution in [0.5, 0.6) is 0 Å². The van der Waals surface area contributed by atoms with Crippen LogP contribution in [0, 0.1) is 0 Å². The Hall–Kier alpha value is -1.03. The fourth-order valence-electron chi connectivity index (χ4n) is 0.942. The molecule has 0 saturated heterocycles. The first-order chi connectivity index (χ1) is 11.4. The molecule has 0 radical (unpaired) electrons. The Labute approximate surface area is 121 Å². The van der Waals surface area contributed by atoms with Crippen molar-refractivity contribution < 1.29 is 19.4 Å². The Balaban J connectivity index is 3.02. The Morgan fingerprint density at radius 3 is 1.35 bits per heavy atom. The molecule has 0 bridgehead atoms. The van der Waals surface area contributed by atoms with Crippen LogP contribution in [0.25, 0.3) is 0 Å². The molecule has 2 aromatic carbocycles. The molecule has 0 aliphatic rings. The topological polar surface area (TPSA) is 34.1 Å². The second-order valence-corrected chi connectivity index (χ2v) is 5.37. The number of benzene rings is 2. The highest BCUT2D eigenvalue weighted by Crippen LogP contribution is 2.23. The van der Waals surface area contributed by atoms with Crippen LogP contribution in [0.3, 0.4) is 0 Å². The summed E-state index contributed by atoms with van der Waals surface area (Å²) >= 11 is 11.3. The maximum Gasteiger partial charge on any atom is 0.206 e. The second-order valence-electron chi connectivity index (χ2n) is 2.79. The minimum Gasteiger partial charge on any atom is -0.219 e. The van der Waals surface area contributed by atoms with Crippen molar-refractivity contribution in [2.45, 2.75) is 9.79 Å². The molecule has 0 spiro atoms. The summed E-state index contributed by atoms with van der Waals surface area (Å²) in [5.74, 6) is 0. The summed E-state index contributed by atoms with van der Waals surface area (Å²) in [5, 5.41) is -1.16. The zero-order valence-electron chi connectivity index (χ0n) is 16.0. The third kappa shape index (κ3) is 2.63. The normalized spacial score (nSPS) is 18.0. The Kier molecular flexibility index (Phi) is 1.58. The molecule has 0 atom stereocenters. The highest BCUT2D eigenvalue weighted by Gasteiger charge is 2.16. The van der Waals surface area contributed by atoms with Crippen molar-refractivity contribution in [1.29, 1.82) is 0 Å². The van der Waals surface area contributed by atoms with Gasteiger partial charge in [0.2, 0.25) is 9.84 Å². The van der Waals surface area contributed by atoms with Gasteiger partial charge in [-0.3, -0.25) is 0 Å². The quantitative estimate of drug-likeness (QED) is 0.844. The third-order valence-electron chi connectivity index (χ3n) is 1.68. The molecular formula is C12H8Cl2O2S. The van der Waals surface area contributed by atoms with Gasteiger partial charge in [0.15, 0.2) is 0 Å². The lowest BCUT2D eigenvalue weighted by molar-refractivity contribution is 0.596. The van der Waals surface area contributed by atoms with E-state index < -0.39 is 78.0 Å². The minimum atomic E-state index is -4.93. The van der Waals surface area contributed by atoms with Crippen LogP contribution in [-0.4, -0.2) is 8.42 Å². The van der Waals surface area contributed by atoms with Crippen molar-refractivity contribution in [3.8, 4) is 0 Å². The van der Waals surface area contributed by atoms with Gasteiger partial charge in [-0.05, 0) is 48.3 Å². The molecule has 17 heavy (non-hydrogen) atoms. The lowest BCUT2D eigenvalue weighted by atomic mass is 10.4. The van der Waals surface area contributed by atoms with Crippen LogP contribution in [0.1, 0.15) is 11.0 Å². The van der Waals surface area contributed by atoms with Gasteiger partial charge in [-0.15, -0.1) is 0 Å². The van der Waals surface area contributed by atoms with Crippen molar-refractivity contribution in [1.82, 2.24) is 0 Å². The van der Waals surface area contributed by atoms with Crippen molar-refractivity contribution in [3.63, 3.8) is 0 Å². The van der Waals surface area contributed by atoms with E-state index in [-0.39, 0.29) is 0 Å². The van der Waals surface area contributed by atoms with Gasteiger partial charge in [-0.2, -0.15) is 0 Å². The van der Waals surface area contributed by atoms with E-state index in [4.69, 9.17) is 34.2 Å². The van der Waals surface area contributed by atoms with Crippen molar-refractivity contribution in [3.05, 3.63) is 58.4 Å². The van der Waals surface area contributed by atoms with E-state index in [0.29, 0.717) is 0 Å². The highest BCUT2D eigenvalue weighted by atomic mass is 35.5. The molecule has 5 heteroatoms. The van der Waals surface area contributed by atoms with Gasteiger partial charge in [0.1, 0.15) is 0 Å². The second kappa shape index (κ2) is 4.69. The monoisotopic (exact) mass is 294 g/mol. The van der Waals surface area contributed by atoms with Crippen LogP contribution < -0.4 is 0 Å². The van der Waals surface area contributed by atoms with Crippen LogP contribution >= 0.6 is 23.2 Å². The van der Waals surface area contributed by atoms with Crippen molar-refractivity contribution >= 4 is 33.0 Å². The standard InChI is InChI=1S/C12H8Cl2O2S/c13-9-1-5-11(6-2-9)17(15,16)12-7-3-10(14)4-8-12/h1-8H/i1D,2D,3D,4D,5D,6D,7D,8D. The number of rotatable bonds is 2. The fraction of sp³-hybridized carbons (Fsp3) is 0. The summed E-state index contributed by atoms with van der Waals surface area (Å²) in [6.45, 7) is 0. The lowest BCUT2D eigenvalue weighted by Gasteiger charge is -2.04. The van der Waals surface area contributed by atoms with Gasteiger partial charge in [0.05, 0.1) is 20.8 Å². The molecule has 0 saturated carbocycles. The molecule has 0 unspecified atom stereocenters. The average Bonchev–Trinajstić information content (AvgIpc) is 2.54. The first-order valence-corrected chi connectivity index (χ1v) is 6.36. The molecule has 0 aliphatic heterocycles. The molecule has 88 valence electrons. The largest absolute Gasteiger partial charge is 0.219 e. The van der Waals surface area contributed by atoms with E-state index in [1.807, 2.05) is 0 Å². The maximum atomic E-state index is 12.8. The van der Waals surface area contributed by atoms with Gasteiger partial charge in [0.25, 0.3) is 0 Å². The average molecular weight is 295 g/mol. The van der Waals surface area contributed by atoms with Crippen LogP contribution in [-0.2, 0) is 9.84 Å². The molecule has 2 nitrogen and oxygen atoms in total. The molecular weight excluding hydrogens is 279 g/mol. The van der Waals surface area contributed by atoms with E-state index in [9.17, 15) is 8.42 Å². The van der Waals surface area contributed by atoms with E-state index in [2.05, 4.69) is 0 Å². The minimum absolute atomic E-state index is 0.579. The first-order valence-electron chi connectivity index (χ1n) is 8.12. The molecule has 0 amide bonds. The van der Waals surface area contributed by atoms with E-state index >= 15 is 0 Å². The van der Waals surface area contributed by atoms with Gasteiger partial charge in [-0.1, -0.05) is 23.2 Å². The summed E-state index contributed by atoms with van der Waals surface area (Å²) in [6.07, 6.45) is 0. The van der Waals surface area contributed by atoms with Crippen LogP contribution in [0.4, 0.5) is 0 Å². The summed E-state index contributed by atoms with van der Waals surface area (Å²) < 4.78 is 87.2. The lowest BCUT2D eigenvalue weighted by Crippen LogP contribution is -2.01. The molecule has 0 fully saturated rings. The maximum absolute atomic E-state index is 12.8. The van der Waals surface area contributed by atoms with Crippen molar-refractivity contribution in [2.24, 2.45) is 0 Å². The van der Waals surface area contributed by atoms with Crippen LogP contribution in [0.15, 0.2) is 58.1 Å². The van der Waals surface area contributed by atoms with E-state index in [1.165, 1.54) is 0 Å². The third-order valence-corrected chi connectivity index (χ3v) is 3.54. The summed E-state index contributed by atoms with van der Waals surface area (Å²) in [5.41, 5.74) is 0.